The number of terminal acetylenes is 1. The van der Waals surface area contributed by atoms with Crippen molar-refractivity contribution >= 4 is 27.5 Å². The number of H-pyrrole nitrogens is 1. The minimum absolute atomic E-state index is 0.0246. The first kappa shape index (κ1) is 29.4. The van der Waals surface area contributed by atoms with Crippen LogP contribution in [0.4, 0.5) is 14.6 Å². The Morgan fingerprint density at radius 2 is 2.09 bits per heavy atom. The maximum atomic E-state index is 14.8. The fourth-order valence-corrected chi connectivity index (χ4v) is 6.86. The number of rotatable bonds is 7. The maximum absolute atomic E-state index is 14.8. The van der Waals surface area contributed by atoms with Crippen molar-refractivity contribution in [2.24, 2.45) is 0 Å². The molecule has 0 radical (unpaired) electrons. The number of phenolic OH excluding ortho intramolecular Hbond substituents is 1. The minimum atomic E-state index is -0.947. The van der Waals surface area contributed by atoms with Crippen LogP contribution in [0.5, 0.6) is 11.8 Å². The van der Waals surface area contributed by atoms with E-state index < -0.39 is 23.2 Å². The standard InChI is InChI=1S/C34H29F2N5O5/c1-3-23-25(36)6-5-20-12-22(42)13-24(27(20)23)30-18(2)29-28(32(44)46-30)31(38-15-19-7-9-37-26(43)11-19)40-33(39-29)45-17-34-8-4-10-41(34)16-21(35)14-34/h1,5-7,9,11-13,21,42H,4,8,10,14-17H2,2H3,(H,37,43)(H,38,39,40)/t21-,34?/m1/s1. The number of anilines is 1. The molecule has 5 heterocycles. The average Bonchev–Trinajstić information content (AvgIpc) is 3.56. The summed E-state index contributed by atoms with van der Waals surface area (Å²) in [4.78, 5) is 39.4. The minimum Gasteiger partial charge on any atom is -0.508 e. The highest BCUT2D eigenvalue weighted by molar-refractivity contribution is 6.03. The molecule has 0 bridgehead atoms. The molecule has 46 heavy (non-hydrogen) atoms. The highest BCUT2D eigenvalue weighted by Gasteiger charge is 2.49. The van der Waals surface area contributed by atoms with E-state index >= 15 is 0 Å². The summed E-state index contributed by atoms with van der Waals surface area (Å²) in [5, 5.41) is 14.4. The predicted molar refractivity (Wildman–Crippen MR) is 168 cm³/mol. The van der Waals surface area contributed by atoms with Gasteiger partial charge in [-0.3, -0.25) is 9.69 Å². The molecule has 7 rings (SSSR count). The molecule has 3 N–H and O–H groups in total. The summed E-state index contributed by atoms with van der Waals surface area (Å²) >= 11 is 0. The van der Waals surface area contributed by atoms with Crippen molar-refractivity contribution in [3.63, 3.8) is 0 Å². The molecule has 2 aliphatic heterocycles. The lowest BCUT2D eigenvalue weighted by Gasteiger charge is -2.30. The maximum Gasteiger partial charge on any atom is 0.349 e. The van der Waals surface area contributed by atoms with Crippen LogP contribution in [-0.4, -0.2) is 56.4 Å². The van der Waals surface area contributed by atoms with Gasteiger partial charge in [0.1, 0.15) is 41.3 Å². The number of nitrogens with one attached hydrogen (secondary N) is 2. The fraction of sp³-hybridized carbons (Fsp3) is 0.294. The van der Waals surface area contributed by atoms with Gasteiger partial charge in [-0.2, -0.15) is 9.97 Å². The molecule has 10 nitrogen and oxygen atoms in total. The Labute approximate surface area is 261 Å². The topological polar surface area (TPSA) is 134 Å². The summed E-state index contributed by atoms with van der Waals surface area (Å²) in [6.45, 7) is 3.10. The molecule has 234 valence electrons. The van der Waals surface area contributed by atoms with Gasteiger partial charge in [-0.15, -0.1) is 6.42 Å². The third-order valence-electron chi connectivity index (χ3n) is 8.95. The van der Waals surface area contributed by atoms with Crippen LogP contribution in [0.2, 0.25) is 0 Å². The number of fused-ring (bicyclic) bond motifs is 3. The quantitative estimate of drug-likeness (QED) is 0.218. The van der Waals surface area contributed by atoms with Gasteiger partial charge in [0.15, 0.2) is 0 Å². The molecule has 2 fully saturated rings. The number of hydrogen-bond donors (Lipinski definition) is 3. The smallest absolute Gasteiger partial charge is 0.349 e. The largest absolute Gasteiger partial charge is 0.508 e. The molecule has 0 saturated carbocycles. The number of hydrogen-bond acceptors (Lipinski definition) is 9. The van der Waals surface area contributed by atoms with Crippen molar-refractivity contribution < 1.29 is 23.0 Å². The SMILES string of the molecule is C#Cc1c(F)ccc2cc(O)cc(-c3oc(=O)c4c(NCc5cc[nH]c(=O)c5)nc(OCC56CCCN5C[C@H](F)C6)nc4c3C)c12. The first-order valence-corrected chi connectivity index (χ1v) is 14.9. The molecule has 2 saturated heterocycles. The summed E-state index contributed by atoms with van der Waals surface area (Å²) in [5.74, 6) is 1.72. The number of nitrogens with zero attached hydrogens (tertiary/aromatic N) is 3. The van der Waals surface area contributed by atoms with Gasteiger partial charge in [-0.1, -0.05) is 12.0 Å². The molecule has 0 aliphatic carbocycles. The van der Waals surface area contributed by atoms with Gasteiger partial charge in [0.25, 0.3) is 0 Å². The molecule has 2 aliphatic rings. The predicted octanol–water partition coefficient (Wildman–Crippen LogP) is 4.79. The summed E-state index contributed by atoms with van der Waals surface area (Å²) in [6.07, 6.45) is 8.30. The Morgan fingerprint density at radius 3 is 2.89 bits per heavy atom. The van der Waals surface area contributed by atoms with Gasteiger partial charge >= 0.3 is 11.6 Å². The number of ether oxygens (including phenoxy) is 1. The number of alkyl halides is 1. The second-order valence-electron chi connectivity index (χ2n) is 11.9. The van der Waals surface area contributed by atoms with E-state index in [9.17, 15) is 23.5 Å². The monoisotopic (exact) mass is 625 g/mol. The van der Waals surface area contributed by atoms with Crippen molar-refractivity contribution in [1.82, 2.24) is 19.9 Å². The normalized spacial score (nSPS) is 19.4. The van der Waals surface area contributed by atoms with Gasteiger partial charge < -0.3 is 24.6 Å². The van der Waals surface area contributed by atoms with Crippen LogP contribution in [0.25, 0.3) is 33.0 Å². The Hall–Kier alpha value is -5.28. The number of aromatic nitrogens is 3. The summed E-state index contributed by atoms with van der Waals surface area (Å²) in [6, 6.07) is 8.55. The second-order valence-corrected chi connectivity index (χ2v) is 11.9. The second kappa shape index (κ2) is 11.3. The van der Waals surface area contributed by atoms with Gasteiger partial charge in [-0.25, -0.2) is 13.6 Å². The van der Waals surface area contributed by atoms with Crippen LogP contribution in [0.1, 0.15) is 36.0 Å². The fourth-order valence-electron chi connectivity index (χ4n) is 6.86. The van der Waals surface area contributed by atoms with E-state index in [0.717, 1.165) is 19.4 Å². The van der Waals surface area contributed by atoms with E-state index in [1.54, 1.807) is 13.0 Å². The number of aromatic amines is 1. The number of benzene rings is 2. The van der Waals surface area contributed by atoms with Crippen LogP contribution in [0.3, 0.4) is 0 Å². The van der Waals surface area contributed by atoms with E-state index in [1.165, 1.54) is 36.5 Å². The number of aromatic hydroxyl groups is 1. The Balaban J connectivity index is 1.39. The number of halogens is 2. The van der Waals surface area contributed by atoms with Crippen molar-refractivity contribution in [3.05, 3.63) is 85.9 Å². The molecule has 0 amide bonds. The average molecular weight is 626 g/mol. The molecule has 3 aromatic heterocycles. The highest BCUT2D eigenvalue weighted by atomic mass is 19.1. The van der Waals surface area contributed by atoms with E-state index in [0.29, 0.717) is 29.5 Å². The van der Waals surface area contributed by atoms with Crippen molar-refractivity contribution in [2.75, 3.05) is 25.0 Å². The number of pyridine rings is 1. The molecule has 5 aromatic rings. The molecular weight excluding hydrogens is 596 g/mol. The van der Waals surface area contributed by atoms with Gasteiger partial charge in [0, 0.05) is 48.3 Å². The Morgan fingerprint density at radius 1 is 1.24 bits per heavy atom. The van der Waals surface area contributed by atoms with E-state index in [2.05, 4.69) is 31.1 Å². The third-order valence-corrected chi connectivity index (χ3v) is 8.95. The van der Waals surface area contributed by atoms with Gasteiger partial charge in [-0.05, 0) is 61.5 Å². The lowest BCUT2D eigenvalue weighted by atomic mass is 9.95. The van der Waals surface area contributed by atoms with Crippen LogP contribution in [0, 0.1) is 25.1 Å². The summed E-state index contributed by atoms with van der Waals surface area (Å²) in [7, 11) is 0. The van der Waals surface area contributed by atoms with Crippen LogP contribution < -0.4 is 21.2 Å². The van der Waals surface area contributed by atoms with E-state index in [1.807, 2.05) is 0 Å². The number of phenols is 1. The zero-order valence-corrected chi connectivity index (χ0v) is 24.8. The van der Waals surface area contributed by atoms with E-state index in [-0.39, 0.29) is 69.5 Å². The lowest BCUT2D eigenvalue weighted by Crippen LogP contribution is -2.43. The molecular formula is C34H29F2N5O5. The molecule has 2 atom stereocenters. The van der Waals surface area contributed by atoms with Crippen LogP contribution in [0.15, 0.2) is 56.6 Å². The Kier molecular flexibility index (Phi) is 7.21. The van der Waals surface area contributed by atoms with E-state index in [4.69, 9.17) is 15.6 Å². The Bertz CT molecular complexity index is 2190. The van der Waals surface area contributed by atoms with Crippen LogP contribution >= 0.6 is 0 Å². The lowest BCUT2D eigenvalue weighted by molar-refractivity contribution is 0.107. The summed E-state index contributed by atoms with van der Waals surface area (Å²) < 4.78 is 41.3. The summed E-state index contributed by atoms with van der Waals surface area (Å²) in [5.41, 5.74) is -0.208. The first-order chi connectivity index (χ1) is 22.2. The zero-order chi connectivity index (χ0) is 32.2. The molecule has 1 unspecified atom stereocenters. The van der Waals surface area contributed by atoms with Gasteiger partial charge in [0.2, 0.25) is 5.56 Å². The first-order valence-electron chi connectivity index (χ1n) is 14.9. The molecule has 2 aromatic carbocycles. The third kappa shape index (κ3) is 5.02. The zero-order valence-electron chi connectivity index (χ0n) is 24.8. The highest BCUT2D eigenvalue weighted by Crippen LogP contribution is 2.41. The van der Waals surface area contributed by atoms with Gasteiger partial charge in [0.05, 0.1) is 16.6 Å². The van der Waals surface area contributed by atoms with Crippen molar-refractivity contribution in [1.29, 1.82) is 0 Å². The van der Waals surface area contributed by atoms with Crippen molar-refractivity contribution in [2.45, 2.75) is 44.4 Å². The van der Waals surface area contributed by atoms with Crippen LogP contribution in [-0.2, 0) is 6.54 Å². The van der Waals surface area contributed by atoms with Crippen molar-refractivity contribution in [3.8, 4) is 35.4 Å². The molecule has 0 spiro atoms. The number of aryl methyl sites for hydroxylation is 1. The molecule has 12 heteroatoms.